The van der Waals surface area contributed by atoms with Gasteiger partial charge in [-0.05, 0) is 23.8 Å². The fourth-order valence-corrected chi connectivity index (χ4v) is 4.49. The molecule has 28 heavy (non-hydrogen) atoms. The second-order valence-electron chi connectivity index (χ2n) is 6.17. The summed E-state index contributed by atoms with van der Waals surface area (Å²) in [5, 5.41) is 4.69. The van der Waals surface area contributed by atoms with Crippen LogP contribution in [0.5, 0.6) is 0 Å². The van der Waals surface area contributed by atoms with Crippen molar-refractivity contribution in [2.24, 2.45) is 0 Å². The maximum absolute atomic E-state index is 12.7. The van der Waals surface area contributed by atoms with Gasteiger partial charge in [-0.25, -0.2) is 0 Å². The van der Waals surface area contributed by atoms with Gasteiger partial charge in [-0.1, -0.05) is 59.6 Å². The number of fused-ring (bicyclic) bond motifs is 1. The Morgan fingerprint density at radius 2 is 1.75 bits per heavy atom. The third kappa shape index (κ3) is 3.69. The van der Waals surface area contributed by atoms with Gasteiger partial charge in [0, 0.05) is 27.4 Å². The Bertz CT molecular complexity index is 1250. The van der Waals surface area contributed by atoms with Crippen molar-refractivity contribution in [2.45, 2.75) is 6.54 Å². The van der Waals surface area contributed by atoms with Gasteiger partial charge < -0.3 is 9.88 Å². The molecule has 2 aromatic heterocycles. The SMILES string of the molecule is O=C(Nc1ccc(=O)n(Cc2ccccc2Cl)c1)c1sc2ccccc2c1Cl. The molecule has 0 spiro atoms. The Morgan fingerprint density at radius 3 is 2.54 bits per heavy atom. The smallest absolute Gasteiger partial charge is 0.267 e. The van der Waals surface area contributed by atoms with Gasteiger partial charge in [0.15, 0.2) is 0 Å². The van der Waals surface area contributed by atoms with Crippen LogP contribution in [-0.2, 0) is 6.54 Å². The van der Waals surface area contributed by atoms with E-state index in [-0.39, 0.29) is 11.5 Å². The number of carbonyl (C=O) groups excluding carboxylic acids is 1. The van der Waals surface area contributed by atoms with Crippen molar-refractivity contribution in [2.75, 3.05) is 5.32 Å². The molecule has 140 valence electrons. The fraction of sp³-hybridized carbons (Fsp3) is 0.0476. The lowest BCUT2D eigenvalue weighted by Crippen LogP contribution is -2.21. The number of halogens is 2. The second kappa shape index (κ2) is 7.80. The number of hydrogen-bond acceptors (Lipinski definition) is 3. The van der Waals surface area contributed by atoms with Crippen LogP contribution in [0.2, 0.25) is 10.0 Å². The average molecular weight is 429 g/mol. The molecular formula is C21H14Cl2N2O2S. The summed E-state index contributed by atoms with van der Waals surface area (Å²) in [7, 11) is 0. The van der Waals surface area contributed by atoms with Crippen LogP contribution in [0.15, 0.2) is 71.7 Å². The Morgan fingerprint density at radius 1 is 1.00 bits per heavy atom. The van der Waals surface area contributed by atoms with Gasteiger partial charge in [-0.15, -0.1) is 11.3 Å². The summed E-state index contributed by atoms with van der Waals surface area (Å²) < 4.78 is 2.45. The highest BCUT2D eigenvalue weighted by molar-refractivity contribution is 7.21. The van der Waals surface area contributed by atoms with Crippen molar-refractivity contribution in [3.8, 4) is 0 Å². The van der Waals surface area contributed by atoms with Crippen molar-refractivity contribution in [1.29, 1.82) is 0 Å². The molecule has 1 amide bonds. The first kappa shape index (κ1) is 18.7. The van der Waals surface area contributed by atoms with E-state index >= 15 is 0 Å². The number of nitrogens with zero attached hydrogens (tertiary/aromatic N) is 1. The van der Waals surface area contributed by atoms with Crippen LogP contribution >= 0.6 is 34.5 Å². The van der Waals surface area contributed by atoms with Gasteiger partial charge in [-0.3, -0.25) is 9.59 Å². The van der Waals surface area contributed by atoms with Crippen molar-refractivity contribution < 1.29 is 4.79 Å². The summed E-state index contributed by atoms with van der Waals surface area (Å²) >= 11 is 13.9. The molecule has 2 aromatic carbocycles. The van der Waals surface area contributed by atoms with Gasteiger partial charge in [0.2, 0.25) is 0 Å². The average Bonchev–Trinajstić information content (AvgIpc) is 3.03. The first-order chi connectivity index (χ1) is 13.5. The number of anilines is 1. The number of thiophene rings is 1. The van der Waals surface area contributed by atoms with E-state index in [0.29, 0.717) is 27.2 Å². The van der Waals surface area contributed by atoms with Gasteiger partial charge in [0.25, 0.3) is 11.5 Å². The minimum absolute atomic E-state index is 0.183. The summed E-state index contributed by atoms with van der Waals surface area (Å²) in [5.74, 6) is -0.311. The van der Waals surface area contributed by atoms with Gasteiger partial charge in [0.05, 0.1) is 17.3 Å². The van der Waals surface area contributed by atoms with Crippen molar-refractivity contribution >= 4 is 56.2 Å². The fourth-order valence-electron chi connectivity index (χ4n) is 2.89. The minimum atomic E-state index is -0.311. The normalized spacial score (nSPS) is 10.9. The quantitative estimate of drug-likeness (QED) is 0.455. The van der Waals surface area contributed by atoms with Crippen molar-refractivity contribution in [1.82, 2.24) is 4.57 Å². The lowest BCUT2D eigenvalue weighted by Gasteiger charge is -2.10. The molecule has 0 saturated carbocycles. The Labute approximate surface area is 175 Å². The Hall–Kier alpha value is -2.60. The molecule has 7 heteroatoms. The molecule has 0 aliphatic heterocycles. The molecule has 0 aliphatic rings. The van der Waals surface area contributed by atoms with Gasteiger partial charge >= 0.3 is 0 Å². The Kier molecular flexibility index (Phi) is 5.22. The number of amides is 1. The first-order valence-electron chi connectivity index (χ1n) is 8.45. The molecule has 1 N–H and O–H groups in total. The van der Waals surface area contributed by atoms with E-state index in [1.165, 1.54) is 22.0 Å². The van der Waals surface area contributed by atoms with Crippen molar-refractivity contribution in [3.63, 3.8) is 0 Å². The monoisotopic (exact) mass is 428 g/mol. The summed E-state index contributed by atoms with van der Waals surface area (Å²) in [6, 6.07) is 17.9. The summed E-state index contributed by atoms with van der Waals surface area (Å²) in [6.45, 7) is 0.311. The van der Waals surface area contributed by atoms with Crippen LogP contribution < -0.4 is 10.9 Å². The van der Waals surface area contributed by atoms with Gasteiger partial charge in [-0.2, -0.15) is 0 Å². The van der Waals surface area contributed by atoms with Crippen LogP contribution in [0.3, 0.4) is 0 Å². The van der Waals surface area contributed by atoms with E-state index < -0.39 is 0 Å². The Balaban J connectivity index is 1.61. The molecule has 2 heterocycles. The molecule has 4 nitrogen and oxygen atoms in total. The zero-order valence-corrected chi connectivity index (χ0v) is 16.8. The molecule has 0 atom stereocenters. The zero-order chi connectivity index (χ0) is 19.7. The number of pyridine rings is 1. The number of benzene rings is 2. The molecule has 0 radical (unpaired) electrons. The highest BCUT2D eigenvalue weighted by atomic mass is 35.5. The second-order valence-corrected chi connectivity index (χ2v) is 8.01. The van der Waals surface area contributed by atoms with E-state index in [4.69, 9.17) is 23.2 Å². The third-order valence-corrected chi connectivity index (χ3v) is 6.32. The van der Waals surface area contributed by atoms with E-state index in [0.717, 1.165) is 15.6 Å². The molecule has 4 aromatic rings. The molecule has 0 fully saturated rings. The van der Waals surface area contributed by atoms with E-state index in [2.05, 4.69) is 5.32 Å². The predicted molar refractivity (Wildman–Crippen MR) is 116 cm³/mol. The van der Waals surface area contributed by atoms with Crippen LogP contribution in [0.4, 0.5) is 5.69 Å². The first-order valence-corrected chi connectivity index (χ1v) is 10.0. The standard InChI is InChI=1S/C21H14Cl2N2O2S/c22-16-7-3-1-5-13(16)11-25-12-14(9-10-18(25)26)24-21(27)20-19(23)15-6-2-4-8-17(15)28-20/h1-10,12H,11H2,(H,24,27). The van der Waals surface area contributed by atoms with Gasteiger partial charge in [0.1, 0.15) is 4.88 Å². The highest BCUT2D eigenvalue weighted by Crippen LogP contribution is 2.35. The molecule has 4 rings (SSSR count). The van der Waals surface area contributed by atoms with Crippen LogP contribution in [0.25, 0.3) is 10.1 Å². The maximum atomic E-state index is 12.7. The summed E-state index contributed by atoms with van der Waals surface area (Å²) in [4.78, 5) is 25.4. The number of rotatable bonds is 4. The predicted octanol–water partition coefficient (Wildman–Crippen LogP) is 5.67. The molecule has 0 saturated heterocycles. The number of nitrogens with one attached hydrogen (secondary N) is 1. The highest BCUT2D eigenvalue weighted by Gasteiger charge is 2.17. The van der Waals surface area contributed by atoms with E-state index in [1.807, 2.05) is 42.5 Å². The lowest BCUT2D eigenvalue weighted by molar-refractivity contribution is 0.103. The number of carbonyl (C=O) groups is 1. The topological polar surface area (TPSA) is 51.1 Å². The number of hydrogen-bond donors (Lipinski definition) is 1. The van der Waals surface area contributed by atoms with Crippen molar-refractivity contribution in [3.05, 3.63) is 97.7 Å². The molecule has 0 aliphatic carbocycles. The van der Waals surface area contributed by atoms with E-state index in [1.54, 1.807) is 18.3 Å². The van der Waals surface area contributed by atoms with Crippen LogP contribution in [-0.4, -0.2) is 10.5 Å². The minimum Gasteiger partial charge on any atom is -0.320 e. The summed E-state index contributed by atoms with van der Waals surface area (Å²) in [6.07, 6.45) is 1.60. The van der Waals surface area contributed by atoms with Crippen LogP contribution in [0.1, 0.15) is 15.2 Å². The molecule has 0 unspecified atom stereocenters. The maximum Gasteiger partial charge on any atom is 0.267 e. The molecule has 0 bridgehead atoms. The molecular weight excluding hydrogens is 415 g/mol. The third-order valence-electron chi connectivity index (χ3n) is 4.28. The lowest BCUT2D eigenvalue weighted by atomic mass is 10.2. The zero-order valence-electron chi connectivity index (χ0n) is 14.5. The number of aromatic nitrogens is 1. The summed E-state index contributed by atoms with van der Waals surface area (Å²) in [5.41, 5.74) is 1.14. The van der Waals surface area contributed by atoms with E-state index in [9.17, 15) is 9.59 Å². The van der Waals surface area contributed by atoms with Crippen LogP contribution in [0, 0.1) is 0 Å². The largest absolute Gasteiger partial charge is 0.320 e.